The molecule has 6 heteroatoms. The molecule has 3 N–H and O–H groups in total. The molecule has 19 heavy (non-hydrogen) atoms. The summed E-state index contributed by atoms with van der Waals surface area (Å²) >= 11 is 5.94. The average Bonchev–Trinajstić information content (AvgIpc) is 2.70. The minimum Gasteiger partial charge on any atom is -0.481 e. The summed E-state index contributed by atoms with van der Waals surface area (Å²) in [4.78, 5) is 24.4. The monoisotopic (exact) mass is 282 g/mol. The maximum atomic E-state index is 11.4. The number of aliphatic carboxylic acids is 1. The van der Waals surface area contributed by atoms with Crippen LogP contribution in [0.2, 0.25) is 5.02 Å². The van der Waals surface area contributed by atoms with Crippen LogP contribution >= 0.6 is 11.6 Å². The number of nitrogens with two attached hydrogens (primary N) is 1. The fourth-order valence-electron chi connectivity index (χ4n) is 2.46. The second-order valence-electron chi connectivity index (χ2n) is 4.85. The molecule has 1 aliphatic rings. The lowest BCUT2D eigenvalue weighted by Crippen LogP contribution is -2.25. The number of nitrogens with zero attached hydrogens (tertiary/aromatic N) is 1. The molecule has 1 amide bonds. The van der Waals surface area contributed by atoms with Crippen molar-refractivity contribution in [2.24, 2.45) is 17.6 Å². The van der Waals surface area contributed by atoms with Gasteiger partial charge >= 0.3 is 5.97 Å². The van der Waals surface area contributed by atoms with Crippen molar-refractivity contribution in [1.82, 2.24) is 0 Å². The first-order valence-corrected chi connectivity index (χ1v) is 6.35. The van der Waals surface area contributed by atoms with Gasteiger partial charge in [-0.1, -0.05) is 18.5 Å². The summed E-state index contributed by atoms with van der Waals surface area (Å²) in [6, 6.07) is 4.82. The van der Waals surface area contributed by atoms with Crippen molar-refractivity contribution in [2.75, 3.05) is 18.0 Å². The Morgan fingerprint density at radius 2 is 2.11 bits per heavy atom. The smallest absolute Gasteiger partial charge is 0.308 e. The summed E-state index contributed by atoms with van der Waals surface area (Å²) in [5.74, 6) is -1.80. The minimum absolute atomic E-state index is 0.0113. The van der Waals surface area contributed by atoms with Crippen molar-refractivity contribution in [3.63, 3.8) is 0 Å². The van der Waals surface area contributed by atoms with Crippen LogP contribution in [0.5, 0.6) is 0 Å². The Bertz CT molecular complexity index is 533. The van der Waals surface area contributed by atoms with E-state index >= 15 is 0 Å². The van der Waals surface area contributed by atoms with Crippen LogP contribution in [0.15, 0.2) is 18.2 Å². The van der Waals surface area contributed by atoms with Crippen LogP contribution in [0, 0.1) is 11.8 Å². The van der Waals surface area contributed by atoms with E-state index in [1.54, 1.807) is 18.2 Å². The predicted octanol–water partition coefficient (Wildman–Crippen LogP) is 1.60. The number of rotatable bonds is 3. The van der Waals surface area contributed by atoms with Gasteiger partial charge in [0.2, 0.25) is 0 Å². The lowest BCUT2D eigenvalue weighted by atomic mass is 9.99. The number of anilines is 1. The van der Waals surface area contributed by atoms with Crippen molar-refractivity contribution in [3.8, 4) is 0 Å². The first-order valence-electron chi connectivity index (χ1n) is 5.97. The van der Waals surface area contributed by atoms with Gasteiger partial charge in [-0.2, -0.15) is 0 Å². The van der Waals surface area contributed by atoms with Gasteiger partial charge in [-0.05, 0) is 24.1 Å². The van der Waals surface area contributed by atoms with Crippen LogP contribution < -0.4 is 10.6 Å². The standard InChI is InChI=1S/C13H15ClN2O3/c1-7-5-16(6-10(7)13(18)19)11-4-8(14)2-3-9(11)12(15)17/h2-4,7,10H,5-6H2,1H3,(H2,15,17)(H,18,19). The van der Waals surface area contributed by atoms with Gasteiger partial charge in [-0.3, -0.25) is 9.59 Å². The van der Waals surface area contributed by atoms with E-state index in [0.717, 1.165) is 0 Å². The van der Waals surface area contributed by atoms with Crippen molar-refractivity contribution < 1.29 is 14.7 Å². The molecule has 1 heterocycles. The Morgan fingerprint density at radius 3 is 2.63 bits per heavy atom. The molecule has 0 bridgehead atoms. The van der Waals surface area contributed by atoms with Gasteiger partial charge in [0, 0.05) is 18.1 Å². The molecular weight excluding hydrogens is 268 g/mol. The highest BCUT2D eigenvalue weighted by molar-refractivity contribution is 6.31. The van der Waals surface area contributed by atoms with Crippen LogP contribution in [0.3, 0.4) is 0 Å². The first-order chi connectivity index (χ1) is 8.90. The van der Waals surface area contributed by atoms with Crippen LogP contribution in [-0.4, -0.2) is 30.1 Å². The molecule has 0 radical (unpaired) electrons. The third-order valence-corrected chi connectivity index (χ3v) is 3.73. The number of benzene rings is 1. The lowest BCUT2D eigenvalue weighted by Gasteiger charge is -2.21. The van der Waals surface area contributed by atoms with E-state index in [4.69, 9.17) is 22.4 Å². The van der Waals surface area contributed by atoms with E-state index in [0.29, 0.717) is 29.4 Å². The van der Waals surface area contributed by atoms with Gasteiger partial charge in [0.25, 0.3) is 5.91 Å². The van der Waals surface area contributed by atoms with Crippen molar-refractivity contribution >= 4 is 29.2 Å². The van der Waals surface area contributed by atoms with Crippen LogP contribution in [-0.2, 0) is 4.79 Å². The third kappa shape index (κ3) is 2.66. The van der Waals surface area contributed by atoms with Crippen molar-refractivity contribution in [3.05, 3.63) is 28.8 Å². The molecule has 0 saturated carbocycles. The highest BCUT2D eigenvalue weighted by Crippen LogP contribution is 2.32. The van der Waals surface area contributed by atoms with E-state index in [2.05, 4.69) is 0 Å². The molecule has 0 spiro atoms. The Kier molecular flexibility index (Phi) is 3.66. The molecule has 102 valence electrons. The summed E-state index contributed by atoms with van der Waals surface area (Å²) in [6.45, 7) is 2.81. The summed E-state index contributed by atoms with van der Waals surface area (Å²) < 4.78 is 0. The molecule has 1 saturated heterocycles. The van der Waals surface area contributed by atoms with E-state index in [9.17, 15) is 9.59 Å². The maximum Gasteiger partial charge on any atom is 0.308 e. The molecule has 0 aromatic heterocycles. The number of amides is 1. The number of carbonyl (C=O) groups is 2. The van der Waals surface area contributed by atoms with Gasteiger partial charge < -0.3 is 15.7 Å². The lowest BCUT2D eigenvalue weighted by molar-refractivity contribution is -0.142. The highest BCUT2D eigenvalue weighted by Gasteiger charge is 2.35. The number of hydrogen-bond acceptors (Lipinski definition) is 3. The SMILES string of the molecule is CC1CN(c2cc(Cl)ccc2C(N)=O)CC1C(=O)O. The minimum atomic E-state index is -0.822. The molecule has 5 nitrogen and oxygen atoms in total. The fraction of sp³-hybridized carbons (Fsp3) is 0.385. The number of carboxylic acid groups (broad SMARTS) is 1. The van der Waals surface area contributed by atoms with E-state index < -0.39 is 17.8 Å². The Balaban J connectivity index is 2.35. The van der Waals surface area contributed by atoms with Crippen LogP contribution in [0.4, 0.5) is 5.69 Å². The van der Waals surface area contributed by atoms with E-state index in [-0.39, 0.29) is 5.92 Å². The topological polar surface area (TPSA) is 83.6 Å². The molecule has 1 fully saturated rings. The largest absolute Gasteiger partial charge is 0.481 e. The molecule has 2 atom stereocenters. The molecule has 1 aromatic rings. The summed E-state index contributed by atoms with van der Waals surface area (Å²) in [5.41, 5.74) is 6.31. The normalized spacial score (nSPS) is 22.5. The van der Waals surface area contributed by atoms with Gasteiger partial charge in [0.15, 0.2) is 0 Å². The number of hydrogen-bond donors (Lipinski definition) is 2. The second kappa shape index (κ2) is 5.09. The number of carbonyl (C=O) groups excluding carboxylic acids is 1. The second-order valence-corrected chi connectivity index (χ2v) is 5.29. The molecule has 2 rings (SSSR count). The van der Waals surface area contributed by atoms with Crippen molar-refractivity contribution in [1.29, 1.82) is 0 Å². The van der Waals surface area contributed by atoms with Crippen LogP contribution in [0.1, 0.15) is 17.3 Å². The zero-order chi connectivity index (χ0) is 14.2. The maximum absolute atomic E-state index is 11.4. The molecule has 1 aliphatic heterocycles. The van der Waals surface area contributed by atoms with Crippen LogP contribution in [0.25, 0.3) is 0 Å². The van der Waals surface area contributed by atoms with Crippen molar-refractivity contribution in [2.45, 2.75) is 6.92 Å². The molecule has 2 unspecified atom stereocenters. The Morgan fingerprint density at radius 1 is 1.42 bits per heavy atom. The summed E-state index contributed by atoms with van der Waals surface area (Å²) in [7, 11) is 0. The van der Waals surface area contributed by atoms with Gasteiger partial charge in [0.05, 0.1) is 17.2 Å². The highest BCUT2D eigenvalue weighted by atomic mass is 35.5. The number of halogens is 1. The Labute approximate surface area is 116 Å². The zero-order valence-corrected chi connectivity index (χ0v) is 11.2. The third-order valence-electron chi connectivity index (χ3n) is 3.50. The number of carboxylic acids is 1. The van der Waals surface area contributed by atoms with E-state index in [1.807, 2.05) is 11.8 Å². The summed E-state index contributed by atoms with van der Waals surface area (Å²) in [5, 5.41) is 9.63. The Hall–Kier alpha value is -1.75. The number of primary amides is 1. The average molecular weight is 283 g/mol. The van der Waals surface area contributed by atoms with Gasteiger partial charge in [-0.15, -0.1) is 0 Å². The quantitative estimate of drug-likeness (QED) is 0.882. The zero-order valence-electron chi connectivity index (χ0n) is 10.5. The van der Waals surface area contributed by atoms with Gasteiger partial charge in [-0.25, -0.2) is 0 Å². The molecular formula is C13H15ClN2O3. The van der Waals surface area contributed by atoms with E-state index in [1.165, 1.54) is 0 Å². The van der Waals surface area contributed by atoms with Gasteiger partial charge in [0.1, 0.15) is 0 Å². The molecule has 0 aliphatic carbocycles. The summed E-state index contributed by atoms with van der Waals surface area (Å²) in [6.07, 6.45) is 0. The molecule has 1 aromatic carbocycles. The fourth-order valence-corrected chi connectivity index (χ4v) is 2.63. The first kappa shape index (κ1) is 13.7. The predicted molar refractivity (Wildman–Crippen MR) is 72.5 cm³/mol.